The SMILES string of the molecule is CCOC(=O)c1conc1C(C)(C)N. The molecule has 1 aromatic rings. The third-order valence-corrected chi connectivity index (χ3v) is 1.68. The van der Waals surface area contributed by atoms with Crippen LogP contribution in [0.2, 0.25) is 0 Å². The van der Waals surface area contributed by atoms with E-state index in [0.29, 0.717) is 17.9 Å². The number of nitrogens with two attached hydrogens (primary N) is 1. The second-order valence-corrected chi connectivity index (χ2v) is 3.52. The van der Waals surface area contributed by atoms with Gasteiger partial charge in [0.2, 0.25) is 0 Å². The van der Waals surface area contributed by atoms with E-state index in [2.05, 4.69) is 5.16 Å². The van der Waals surface area contributed by atoms with E-state index >= 15 is 0 Å². The van der Waals surface area contributed by atoms with Gasteiger partial charge in [0.25, 0.3) is 0 Å². The lowest BCUT2D eigenvalue weighted by atomic mass is 9.99. The van der Waals surface area contributed by atoms with Crippen LogP contribution in [-0.4, -0.2) is 17.7 Å². The summed E-state index contributed by atoms with van der Waals surface area (Å²) in [5.74, 6) is -0.456. The molecule has 0 bridgehead atoms. The first-order valence-corrected chi connectivity index (χ1v) is 4.37. The molecule has 78 valence electrons. The van der Waals surface area contributed by atoms with Crippen molar-refractivity contribution in [2.75, 3.05) is 6.61 Å². The molecule has 5 heteroatoms. The first-order valence-electron chi connectivity index (χ1n) is 4.37. The van der Waals surface area contributed by atoms with E-state index in [1.165, 1.54) is 6.26 Å². The highest BCUT2D eigenvalue weighted by Gasteiger charge is 2.27. The Kier molecular flexibility index (Phi) is 2.90. The van der Waals surface area contributed by atoms with Crippen LogP contribution >= 0.6 is 0 Å². The number of nitrogens with zero attached hydrogens (tertiary/aromatic N) is 1. The number of esters is 1. The van der Waals surface area contributed by atoms with Crippen LogP contribution in [0.3, 0.4) is 0 Å². The Balaban J connectivity index is 2.99. The summed E-state index contributed by atoms with van der Waals surface area (Å²) >= 11 is 0. The molecule has 0 saturated carbocycles. The molecule has 0 unspecified atom stereocenters. The molecule has 0 fully saturated rings. The number of hydrogen-bond donors (Lipinski definition) is 1. The third-order valence-electron chi connectivity index (χ3n) is 1.68. The van der Waals surface area contributed by atoms with E-state index in [9.17, 15) is 4.79 Å². The van der Waals surface area contributed by atoms with Gasteiger partial charge in [0.15, 0.2) is 0 Å². The number of ether oxygens (including phenoxy) is 1. The molecular formula is C9H14N2O3. The van der Waals surface area contributed by atoms with E-state index in [1.807, 2.05) is 0 Å². The van der Waals surface area contributed by atoms with Crippen LogP contribution in [0.5, 0.6) is 0 Å². The summed E-state index contributed by atoms with van der Waals surface area (Å²) < 4.78 is 9.54. The lowest BCUT2D eigenvalue weighted by molar-refractivity contribution is 0.0523. The fraction of sp³-hybridized carbons (Fsp3) is 0.556. The van der Waals surface area contributed by atoms with Crippen molar-refractivity contribution in [2.24, 2.45) is 5.73 Å². The summed E-state index contributed by atoms with van der Waals surface area (Å²) in [6.45, 7) is 5.54. The van der Waals surface area contributed by atoms with Crippen molar-refractivity contribution < 1.29 is 14.1 Å². The Bertz CT molecular complexity index is 325. The van der Waals surface area contributed by atoms with Crippen molar-refractivity contribution in [1.82, 2.24) is 5.16 Å². The van der Waals surface area contributed by atoms with E-state index in [-0.39, 0.29) is 0 Å². The van der Waals surface area contributed by atoms with Gasteiger partial charge in [0.05, 0.1) is 12.1 Å². The van der Waals surface area contributed by atoms with Crippen molar-refractivity contribution in [3.05, 3.63) is 17.5 Å². The minimum Gasteiger partial charge on any atom is -0.462 e. The van der Waals surface area contributed by atoms with E-state index in [4.69, 9.17) is 15.0 Å². The largest absolute Gasteiger partial charge is 0.462 e. The van der Waals surface area contributed by atoms with E-state index in [1.54, 1.807) is 20.8 Å². The van der Waals surface area contributed by atoms with Gasteiger partial charge in [-0.3, -0.25) is 0 Å². The summed E-state index contributed by atoms with van der Waals surface area (Å²) in [5, 5.41) is 3.69. The van der Waals surface area contributed by atoms with Gasteiger partial charge in [-0.15, -0.1) is 0 Å². The number of carbonyl (C=O) groups excluding carboxylic acids is 1. The fourth-order valence-corrected chi connectivity index (χ4v) is 1.06. The molecule has 0 atom stereocenters. The molecule has 1 heterocycles. The third kappa shape index (κ3) is 2.11. The van der Waals surface area contributed by atoms with Gasteiger partial charge >= 0.3 is 5.97 Å². The average molecular weight is 198 g/mol. The van der Waals surface area contributed by atoms with Crippen molar-refractivity contribution in [2.45, 2.75) is 26.3 Å². The molecule has 2 N–H and O–H groups in total. The summed E-state index contributed by atoms with van der Waals surface area (Å²) in [5.41, 5.74) is 5.80. The van der Waals surface area contributed by atoms with Crippen molar-refractivity contribution >= 4 is 5.97 Å². The van der Waals surface area contributed by atoms with Crippen LogP contribution in [0.15, 0.2) is 10.8 Å². The molecule has 0 spiro atoms. The predicted octanol–water partition coefficient (Wildman–Crippen LogP) is 1.05. The molecule has 14 heavy (non-hydrogen) atoms. The molecule has 0 aliphatic rings. The minimum atomic E-state index is -0.713. The van der Waals surface area contributed by atoms with Crippen LogP contribution in [-0.2, 0) is 10.3 Å². The quantitative estimate of drug-likeness (QED) is 0.734. The Morgan fingerprint density at radius 3 is 2.86 bits per heavy atom. The average Bonchev–Trinajstić information content (AvgIpc) is 2.50. The maximum atomic E-state index is 11.4. The van der Waals surface area contributed by atoms with Gasteiger partial charge in [0, 0.05) is 0 Å². The first-order chi connectivity index (χ1) is 6.46. The van der Waals surface area contributed by atoms with Crippen molar-refractivity contribution in [1.29, 1.82) is 0 Å². The Morgan fingerprint density at radius 2 is 2.36 bits per heavy atom. The monoisotopic (exact) mass is 198 g/mol. The minimum absolute atomic E-state index is 0.291. The van der Waals surface area contributed by atoms with Crippen LogP contribution in [0.25, 0.3) is 0 Å². The maximum absolute atomic E-state index is 11.4. The zero-order valence-corrected chi connectivity index (χ0v) is 8.53. The molecule has 5 nitrogen and oxygen atoms in total. The Morgan fingerprint density at radius 1 is 1.71 bits per heavy atom. The summed E-state index contributed by atoms with van der Waals surface area (Å²) in [6, 6.07) is 0. The number of aromatic nitrogens is 1. The van der Waals surface area contributed by atoms with Crippen LogP contribution in [0, 0.1) is 0 Å². The molecular weight excluding hydrogens is 184 g/mol. The van der Waals surface area contributed by atoms with E-state index < -0.39 is 11.5 Å². The highest BCUT2D eigenvalue weighted by atomic mass is 16.5. The van der Waals surface area contributed by atoms with Gasteiger partial charge in [-0.05, 0) is 20.8 Å². The number of carbonyl (C=O) groups is 1. The zero-order valence-electron chi connectivity index (χ0n) is 8.53. The highest BCUT2D eigenvalue weighted by Crippen LogP contribution is 2.20. The van der Waals surface area contributed by atoms with Crippen LogP contribution < -0.4 is 5.73 Å². The molecule has 0 aliphatic carbocycles. The van der Waals surface area contributed by atoms with Crippen LogP contribution in [0.4, 0.5) is 0 Å². The normalized spacial score (nSPS) is 11.4. The molecule has 0 amide bonds. The molecule has 1 aromatic heterocycles. The first kappa shape index (κ1) is 10.7. The van der Waals surface area contributed by atoms with Crippen LogP contribution in [0.1, 0.15) is 36.8 Å². The molecule has 1 rings (SSSR count). The topological polar surface area (TPSA) is 78.3 Å². The molecule has 0 radical (unpaired) electrons. The van der Waals surface area contributed by atoms with Crippen molar-refractivity contribution in [3.63, 3.8) is 0 Å². The van der Waals surface area contributed by atoms with Gasteiger partial charge in [-0.2, -0.15) is 0 Å². The van der Waals surface area contributed by atoms with Gasteiger partial charge in [-0.1, -0.05) is 5.16 Å². The second-order valence-electron chi connectivity index (χ2n) is 3.52. The van der Waals surface area contributed by atoms with Gasteiger partial charge in [-0.25, -0.2) is 4.79 Å². The molecule has 0 aromatic carbocycles. The second kappa shape index (κ2) is 3.79. The van der Waals surface area contributed by atoms with Crippen molar-refractivity contribution in [3.8, 4) is 0 Å². The molecule has 0 aliphatic heterocycles. The standard InChI is InChI=1S/C9H14N2O3/c1-4-13-8(12)6-5-14-11-7(6)9(2,3)10/h5H,4,10H2,1-3H3. The summed E-state index contributed by atoms with van der Waals surface area (Å²) in [4.78, 5) is 11.4. The number of rotatable bonds is 3. The summed E-state index contributed by atoms with van der Waals surface area (Å²) in [7, 11) is 0. The predicted molar refractivity (Wildman–Crippen MR) is 49.7 cm³/mol. The fourth-order valence-electron chi connectivity index (χ4n) is 1.06. The molecule has 0 saturated heterocycles. The highest BCUT2D eigenvalue weighted by molar-refractivity contribution is 5.90. The zero-order chi connectivity index (χ0) is 10.8. The van der Waals surface area contributed by atoms with E-state index in [0.717, 1.165) is 0 Å². The number of hydrogen-bond acceptors (Lipinski definition) is 5. The van der Waals surface area contributed by atoms with Gasteiger partial charge < -0.3 is 15.0 Å². The smallest absolute Gasteiger partial charge is 0.343 e. The Labute approximate surface area is 82.2 Å². The van der Waals surface area contributed by atoms with Gasteiger partial charge in [0.1, 0.15) is 17.5 Å². The maximum Gasteiger partial charge on any atom is 0.343 e. The lowest BCUT2D eigenvalue weighted by Crippen LogP contribution is -2.31. The summed E-state index contributed by atoms with van der Waals surface area (Å²) in [6.07, 6.45) is 1.25. The Hall–Kier alpha value is -1.36. The lowest BCUT2D eigenvalue weighted by Gasteiger charge is -2.15.